The Morgan fingerprint density at radius 3 is 2.64 bits per heavy atom. The van der Waals surface area contributed by atoms with Gasteiger partial charge in [0.05, 0.1) is 27.4 Å². The van der Waals surface area contributed by atoms with E-state index in [1.807, 2.05) is 6.07 Å². The van der Waals surface area contributed by atoms with E-state index in [2.05, 4.69) is 39.9 Å². The van der Waals surface area contributed by atoms with Crippen molar-refractivity contribution >= 4 is 11.3 Å². The number of hydrogen-bond acceptors (Lipinski definition) is 6. The summed E-state index contributed by atoms with van der Waals surface area (Å²) in [5.41, 5.74) is 1.23. The summed E-state index contributed by atoms with van der Waals surface area (Å²) in [6, 6.07) is 10.7. The Hall–Kier alpha value is -1.60. The summed E-state index contributed by atoms with van der Waals surface area (Å²) in [4.78, 5) is 3.83. The van der Waals surface area contributed by atoms with Crippen molar-refractivity contribution in [1.29, 1.82) is 0 Å². The third-order valence-corrected chi connectivity index (χ3v) is 5.37. The van der Waals surface area contributed by atoms with Crippen molar-refractivity contribution in [3.63, 3.8) is 0 Å². The van der Waals surface area contributed by atoms with Crippen LogP contribution in [0.3, 0.4) is 0 Å². The van der Waals surface area contributed by atoms with Gasteiger partial charge in [-0.1, -0.05) is 12.1 Å². The molecule has 0 spiro atoms. The Labute approximate surface area is 153 Å². The average Bonchev–Trinajstić information content (AvgIpc) is 3.19. The van der Waals surface area contributed by atoms with Gasteiger partial charge in [0.15, 0.2) is 11.5 Å². The van der Waals surface area contributed by atoms with E-state index in [0.717, 1.165) is 50.9 Å². The highest BCUT2D eigenvalue weighted by Gasteiger charge is 2.23. The summed E-state index contributed by atoms with van der Waals surface area (Å²) in [5, 5.41) is 5.72. The summed E-state index contributed by atoms with van der Waals surface area (Å²) in [5.74, 6) is 1.54. The normalized spacial score (nSPS) is 16.6. The standard InChI is InChI=1S/C19H26N2O3S/c1-22-18-6-5-15(12-19(18)23-2)17(21-7-9-24-10-8-21)14-20-13-16-4-3-11-25-16/h3-6,11-12,17,20H,7-10,13-14H2,1-2H3. The number of thiophene rings is 1. The fraction of sp³-hybridized carbons (Fsp3) is 0.474. The number of ether oxygens (including phenoxy) is 3. The van der Waals surface area contributed by atoms with Gasteiger partial charge in [-0.3, -0.25) is 4.90 Å². The van der Waals surface area contributed by atoms with Crippen molar-refractivity contribution in [2.24, 2.45) is 0 Å². The number of morpholine rings is 1. The lowest BCUT2D eigenvalue weighted by Gasteiger charge is -2.35. The van der Waals surface area contributed by atoms with Crippen molar-refractivity contribution < 1.29 is 14.2 Å². The summed E-state index contributed by atoms with van der Waals surface area (Å²) < 4.78 is 16.4. The molecular formula is C19H26N2O3S. The van der Waals surface area contributed by atoms with Crippen molar-refractivity contribution in [2.75, 3.05) is 47.1 Å². The highest BCUT2D eigenvalue weighted by molar-refractivity contribution is 7.09. The molecule has 25 heavy (non-hydrogen) atoms. The molecule has 0 amide bonds. The smallest absolute Gasteiger partial charge is 0.161 e. The van der Waals surface area contributed by atoms with Gasteiger partial charge in [0.2, 0.25) is 0 Å². The lowest BCUT2D eigenvalue weighted by molar-refractivity contribution is 0.0160. The van der Waals surface area contributed by atoms with Gasteiger partial charge in [0.1, 0.15) is 0 Å². The summed E-state index contributed by atoms with van der Waals surface area (Å²) in [7, 11) is 3.35. The Balaban J connectivity index is 1.75. The molecule has 0 aliphatic carbocycles. The lowest BCUT2D eigenvalue weighted by Crippen LogP contribution is -2.42. The highest BCUT2D eigenvalue weighted by Crippen LogP contribution is 2.32. The number of benzene rings is 1. The van der Waals surface area contributed by atoms with Crippen molar-refractivity contribution in [3.8, 4) is 11.5 Å². The van der Waals surface area contributed by atoms with Gasteiger partial charge in [-0.2, -0.15) is 0 Å². The van der Waals surface area contributed by atoms with Crippen LogP contribution in [0.15, 0.2) is 35.7 Å². The maximum Gasteiger partial charge on any atom is 0.161 e. The first-order chi connectivity index (χ1) is 12.3. The fourth-order valence-electron chi connectivity index (χ4n) is 3.15. The molecule has 5 nitrogen and oxygen atoms in total. The minimum absolute atomic E-state index is 0.281. The Bertz CT molecular complexity index is 642. The second kappa shape index (κ2) is 9.20. The lowest BCUT2D eigenvalue weighted by atomic mass is 10.0. The van der Waals surface area contributed by atoms with E-state index in [1.54, 1.807) is 25.6 Å². The minimum Gasteiger partial charge on any atom is -0.493 e. The van der Waals surface area contributed by atoms with Crippen molar-refractivity contribution in [1.82, 2.24) is 10.2 Å². The molecule has 2 heterocycles. The van der Waals surface area contributed by atoms with Crippen LogP contribution in [0.2, 0.25) is 0 Å². The van der Waals surface area contributed by atoms with Crippen LogP contribution < -0.4 is 14.8 Å². The van der Waals surface area contributed by atoms with Crippen molar-refractivity contribution in [3.05, 3.63) is 46.2 Å². The van der Waals surface area contributed by atoms with E-state index in [0.29, 0.717) is 0 Å². The second-order valence-corrected chi connectivity index (χ2v) is 7.02. The molecule has 1 aromatic heterocycles. The number of nitrogens with one attached hydrogen (secondary N) is 1. The third kappa shape index (κ3) is 4.73. The number of methoxy groups -OCH3 is 2. The van der Waals surface area contributed by atoms with Crippen LogP contribution >= 0.6 is 11.3 Å². The molecule has 1 atom stereocenters. The quantitative estimate of drug-likeness (QED) is 0.782. The predicted octanol–water partition coefficient (Wildman–Crippen LogP) is 2.93. The van der Waals surface area contributed by atoms with Crippen LogP contribution in [0.1, 0.15) is 16.5 Å². The molecule has 1 N–H and O–H groups in total. The molecule has 1 aromatic carbocycles. The zero-order chi connectivity index (χ0) is 17.5. The first-order valence-electron chi connectivity index (χ1n) is 8.58. The summed E-state index contributed by atoms with van der Waals surface area (Å²) >= 11 is 1.78. The highest BCUT2D eigenvalue weighted by atomic mass is 32.1. The second-order valence-electron chi connectivity index (χ2n) is 5.99. The van der Waals surface area contributed by atoms with Gasteiger partial charge in [-0.05, 0) is 29.1 Å². The molecule has 3 rings (SSSR count). The Kier molecular flexibility index (Phi) is 6.69. The first kappa shape index (κ1) is 18.2. The molecule has 1 aliphatic rings. The largest absolute Gasteiger partial charge is 0.493 e. The molecule has 0 radical (unpaired) electrons. The number of rotatable bonds is 8. The monoisotopic (exact) mass is 362 g/mol. The Morgan fingerprint density at radius 2 is 1.96 bits per heavy atom. The zero-order valence-electron chi connectivity index (χ0n) is 14.9. The predicted molar refractivity (Wildman–Crippen MR) is 101 cm³/mol. The van der Waals surface area contributed by atoms with Crippen LogP contribution in [0.5, 0.6) is 11.5 Å². The Morgan fingerprint density at radius 1 is 1.16 bits per heavy atom. The number of nitrogens with zero attached hydrogens (tertiary/aromatic N) is 1. The SMILES string of the molecule is COc1ccc(C(CNCc2cccs2)N2CCOCC2)cc1OC. The van der Waals surface area contributed by atoms with Gasteiger partial charge in [0, 0.05) is 37.1 Å². The molecule has 0 bridgehead atoms. The number of hydrogen-bond donors (Lipinski definition) is 1. The molecule has 1 unspecified atom stereocenters. The topological polar surface area (TPSA) is 43.0 Å². The fourth-order valence-corrected chi connectivity index (χ4v) is 3.83. The van der Waals surface area contributed by atoms with Gasteiger partial charge < -0.3 is 19.5 Å². The van der Waals surface area contributed by atoms with E-state index in [1.165, 1.54) is 10.4 Å². The molecular weight excluding hydrogens is 336 g/mol. The van der Waals surface area contributed by atoms with Crippen LogP contribution in [-0.2, 0) is 11.3 Å². The molecule has 1 aliphatic heterocycles. The first-order valence-corrected chi connectivity index (χ1v) is 9.46. The molecule has 136 valence electrons. The van der Waals surface area contributed by atoms with Crippen LogP contribution in [0.4, 0.5) is 0 Å². The minimum atomic E-state index is 0.281. The van der Waals surface area contributed by atoms with Gasteiger partial charge in [-0.15, -0.1) is 11.3 Å². The van der Waals surface area contributed by atoms with Gasteiger partial charge >= 0.3 is 0 Å². The summed E-state index contributed by atoms with van der Waals surface area (Å²) in [6.07, 6.45) is 0. The average molecular weight is 362 g/mol. The van der Waals surface area contributed by atoms with Gasteiger partial charge in [-0.25, -0.2) is 0 Å². The van der Waals surface area contributed by atoms with E-state index in [4.69, 9.17) is 14.2 Å². The van der Waals surface area contributed by atoms with Crippen LogP contribution in [-0.4, -0.2) is 52.0 Å². The molecule has 2 aromatic rings. The molecule has 1 saturated heterocycles. The van der Waals surface area contributed by atoms with E-state index in [-0.39, 0.29) is 6.04 Å². The van der Waals surface area contributed by atoms with Crippen LogP contribution in [0.25, 0.3) is 0 Å². The van der Waals surface area contributed by atoms with E-state index >= 15 is 0 Å². The van der Waals surface area contributed by atoms with E-state index < -0.39 is 0 Å². The maximum absolute atomic E-state index is 5.53. The van der Waals surface area contributed by atoms with Gasteiger partial charge in [0.25, 0.3) is 0 Å². The molecule has 0 saturated carbocycles. The molecule has 1 fully saturated rings. The zero-order valence-corrected chi connectivity index (χ0v) is 15.7. The van der Waals surface area contributed by atoms with Crippen molar-refractivity contribution in [2.45, 2.75) is 12.6 Å². The van der Waals surface area contributed by atoms with Crippen LogP contribution in [0, 0.1) is 0 Å². The third-order valence-electron chi connectivity index (χ3n) is 4.50. The maximum atomic E-state index is 5.53. The summed E-state index contributed by atoms with van der Waals surface area (Å²) in [6.45, 7) is 5.24. The van der Waals surface area contributed by atoms with E-state index in [9.17, 15) is 0 Å². The molecule has 6 heteroatoms.